The van der Waals surface area contributed by atoms with Gasteiger partial charge in [-0.2, -0.15) is 0 Å². The molecule has 0 unspecified atom stereocenters. The molecule has 2 aromatic carbocycles. The molecule has 1 aliphatic carbocycles. The number of hydrogen-bond acceptors (Lipinski definition) is 0. The van der Waals surface area contributed by atoms with Crippen molar-refractivity contribution >= 4 is 10.8 Å². The summed E-state index contributed by atoms with van der Waals surface area (Å²) in [7, 11) is 0. The van der Waals surface area contributed by atoms with E-state index in [0.717, 1.165) is 0 Å². The lowest BCUT2D eigenvalue weighted by Crippen LogP contribution is -2.00. The van der Waals surface area contributed by atoms with E-state index in [4.69, 9.17) is 0 Å². The zero-order valence-corrected chi connectivity index (χ0v) is 7.51. The molecule has 0 saturated carbocycles. The van der Waals surface area contributed by atoms with Crippen LogP contribution in [0.15, 0.2) is 30.3 Å². The molecule has 0 aliphatic heterocycles. The maximum Gasteiger partial charge on any atom is -0.0114 e. The van der Waals surface area contributed by atoms with Crippen LogP contribution < -0.4 is 0 Å². The van der Waals surface area contributed by atoms with Gasteiger partial charge in [-0.1, -0.05) is 30.3 Å². The van der Waals surface area contributed by atoms with Crippen LogP contribution in [0.1, 0.15) is 17.5 Å². The molecule has 63 valence electrons. The highest BCUT2D eigenvalue weighted by atomic mass is 14.1. The van der Waals surface area contributed by atoms with Crippen molar-refractivity contribution in [3.05, 3.63) is 47.5 Å². The highest BCUT2D eigenvalue weighted by Crippen LogP contribution is 2.28. The number of aryl methyl sites for hydroxylation is 2. The van der Waals surface area contributed by atoms with Gasteiger partial charge in [0.15, 0.2) is 0 Å². The first-order chi connectivity index (χ1) is 6.45. The lowest BCUT2D eigenvalue weighted by atomic mass is 9.89. The molecule has 0 amide bonds. The minimum absolute atomic E-state index is 1.20. The van der Waals surface area contributed by atoms with E-state index in [1.54, 1.807) is 0 Å². The summed E-state index contributed by atoms with van der Waals surface area (Å²) in [5, 5.41) is 2.85. The topological polar surface area (TPSA) is 0 Å². The highest BCUT2D eigenvalue weighted by molar-refractivity contribution is 5.89. The molecule has 0 spiro atoms. The summed E-state index contributed by atoms with van der Waals surface area (Å²) in [6.07, 6.45) is 3.73. The zero-order valence-electron chi connectivity index (χ0n) is 7.51. The summed E-state index contributed by atoms with van der Waals surface area (Å²) in [6, 6.07) is 14.2. The molecule has 0 bridgehead atoms. The fourth-order valence-corrected chi connectivity index (χ4v) is 2.29. The Kier molecular flexibility index (Phi) is 1.42. The third-order valence-electron chi connectivity index (χ3n) is 2.88. The average Bonchev–Trinajstić information content (AvgIpc) is 2.19. The summed E-state index contributed by atoms with van der Waals surface area (Å²) in [4.78, 5) is 0. The van der Waals surface area contributed by atoms with Crippen molar-refractivity contribution in [2.75, 3.05) is 0 Å². The second-order valence-corrected chi connectivity index (χ2v) is 3.69. The van der Waals surface area contributed by atoms with E-state index in [0.29, 0.717) is 0 Å². The largest absolute Gasteiger partial charge is 0.0614 e. The summed E-state index contributed by atoms with van der Waals surface area (Å²) >= 11 is 0. The molecule has 0 aromatic heterocycles. The Hall–Kier alpha value is -1.30. The maximum atomic E-state index is 3.35. The van der Waals surface area contributed by atoms with Gasteiger partial charge >= 0.3 is 0 Å². The van der Waals surface area contributed by atoms with Crippen LogP contribution in [0.3, 0.4) is 0 Å². The van der Waals surface area contributed by atoms with Gasteiger partial charge in [0.05, 0.1) is 0 Å². The van der Waals surface area contributed by atoms with E-state index in [1.807, 2.05) is 6.07 Å². The van der Waals surface area contributed by atoms with Gasteiger partial charge in [0.25, 0.3) is 0 Å². The van der Waals surface area contributed by atoms with Gasteiger partial charge in [-0.05, 0) is 47.2 Å². The second kappa shape index (κ2) is 2.59. The van der Waals surface area contributed by atoms with Gasteiger partial charge in [0.2, 0.25) is 0 Å². The van der Waals surface area contributed by atoms with Gasteiger partial charge in [-0.15, -0.1) is 0 Å². The van der Waals surface area contributed by atoms with Crippen LogP contribution in [-0.2, 0) is 12.8 Å². The average molecular weight is 167 g/mol. The van der Waals surface area contributed by atoms with Crippen LogP contribution in [-0.4, -0.2) is 0 Å². The van der Waals surface area contributed by atoms with Crippen molar-refractivity contribution in [3.8, 4) is 0 Å². The van der Waals surface area contributed by atoms with Crippen LogP contribution in [0.5, 0.6) is 0 Å². The van der Waals surface area contributed by atoms with Crippen LogP contribution in [0, 0.1) is 6.07 Å². The van der Waals surface area contributed by atoms with Gasteiger partial charge < -0.3 is 0 Å². The van der Waals surface area contributed by atoms with Crippen molar-refractivity contribution in [1.29, 1.82) is 0 Å². The van der Waals surface area contributed by atoms with Gasteiger partial charge in [0.1, 0.15) is 0 Å². The molecule has 13 heavy (non-hydrogen) atoms. The van der Waals surface area contributed by atoms with E-state index in [9.17, 15) is 0 Å². The van der Waals surface area contributed by atoms with Crippen LogP contribution in [0.4, 0.5) is 0 Å². The van der Waals surface area contributed by atoms with Crippen molar-refractivity contribution in [1.82, 2.24) is 0 Å². The number of rotatable bonds is 0. The summed E-state index contributed by atoms with van der Waals surface area (Å²) in [5.41, 5.74) is 2.93. The van der Waals surface area contributed by atoms with Gasteiger partial charge in [-0.3, -0.25) is 0 Å². The van der Waals surface area contributed by atoms with E-state index >= 15 is 0 Å². The second-order valence-electron chi connectivity index (χ2n) is 3.69. The summed E-state index contributed by atoms with van der Waals surface area (Å²) in [5.74, 6) is 0. The molecule has 0 fully saturated rings. The summed E-state index contributed by atoms with van der Waals surface area (Å²) in [6.45, 7) is 0. The highest BCUT2D eigenvalue weighted by Gasteiger charge is 2.10. The van der Waals surface area contributed by atoms with Gasteiger partial charge in [-0.25, -0.2) is 0 Å². The van der Waals surface area contributed by atoms with E-state index < -0.39 is 0 Å². The third-order valence-corrected chi connectivity index (χ3v) is 2.88. The molecule has 0 atom stereocenters. The molecule has 0 nitrogen and oxygen atoms in total. The minimum atomic E-state index is 1.20. The molecule has 0 N–H and O–H groups in total. The minimum Gasteiger partial charge on any atom is -0.0614 e. The SMILES string of the molecule is [c]1ccc2cccc3c2c1CCC3. The molecular weight excluding hydrogens is 156 g/mol. The number of benzene rings is 2. The molecule has 0 heteroatoms. The summed E-state index contributed by atoms with van der Waals surface area (Å²) < 4.78 is 0. The fourth-order valence-electron chi connectivity index (χ4n) is 2.29. The first kappa shape index (κ1) is 7.14. The maximum absolute atomic E-state index is 3.35. The van der Waals surface area contributed by atoms with Crippen molar-refractivity contribution < 1.29 is 0 Å². The third kappa shape index (κ3) is 0.983. The molecule has 1 aliphatic rings. The van der Waals surface area contributed by atoms with Crippen LogP contribution in [0.25, 0.3) is 10.8 Å². The standard InChI is InChI=1S/C13H11/c1-4-10-6-2-8-12-9-3-7-11(5-1)13(10)12/h1-2,4-6H,3,7,9H2. The first-order valence-electron chi connectivity index (χ1n) is 4.86. The first-order valence-corrected chi connectivity index (χ1v) is 4.86. The monoisotopic (exact) mass is 167 g/mol. The Balaban J connectivity index is 2.49. The molecule has 2 aromatic rings. The van der Waals surface area contributed by atoms with Crippen molar-refractivity contribution in [3.63, 3.8) is 0 Å². The van der Waals surface area contributed by atoms with E-state index in [1.165, 1.54) is 41.2 Å². The smallest absolute Gasteiger partial charge is 0.0114 e. The van der Waals surface area contributed by atoms with E-state index in [-0.39, 0.29) is 0 Å². The normalized spacial score (nSPS) is 14.8. The molecule has 0 heterocycles. The molecule has 0 saturated heterocycles. The molecule has 1 radical (unpaired) electrons. The lowest BCUT2D eigenvalue weighted by molar-refractivity contribution is 0.807. The van der Waals surface area contributed by atoms with Gasteiger partial charge in [0, 0.05) is 0 Å². The Labute approximate surface area is 78.2 Å². The fraction of sp³-hybridized carbons (Fsp3) is 0.231. The van der Waals surface area contributed by atoms with Crippen LogP contribution >= 0.6 is 0 Å². The van der Waals surface area contributed by atoms with E-state index in [2.05, 4.69) is 30.3 Å². The predicted molar refractivity (Wildman–Crippen MR) is 54.8 cm³/mol. The zero-order chi connectivity index (χ0) is 8.67. The predicted octanol–water partition coefficient (Wildman–Crippen LogP) is 3.13. The molecule has 3 rings (SSSR count). The van der Waals surface area contributed by atoms with Crippen molar-refractivity contribution in [2.24, 2.45) is 0 Å². The Bertz CT molecular complexity index is 416. The Morgan fingerprint density at radius 2 is 2.08 bits per heavy atom. The molecular formula is C13H11. The Morgan fingerprint density at radius 3 is 3.08 bits per heavy atom. The van der Waals surface area contributed by atoms with Crippen LogP contribution in [0.2, 0.25) is 0 Å². The van der Waals surface area contributed by atoms with Crippen molar-refractivity contribution in [2.45, 2.75) is 19.3 Å². The number of hydrogen-bond donors (Lipinski definition) is 0. The quantitative estimate of drug-likeness (QED) is 0.565. The lowest BCUT2D eigenvalue weighted by Gasteiger charge is -2.16. The Morgan fingerprint density at radius 1 is 1.08 bits per heavy atom.